The van der Waals surface area contributed by atoms with Crippen molar-refractivity contribution in [3.05, 3.63) is 22.8 Å². The van der Waals surface area contributed by atoms with Gasteiger partial charge in [-0.15, -0.1) is 0 Å². The molecule has 0 unspecified atom stereocenters. The molecule has 0 fully saturated rings. The van der Waals surface area contributed by atoms with Crippen LogP contribution in [0.15, 0.2) is 4.52 Å². The minimum Gasteiger partial charge on any atom is -0.361 e. The van der Waals surface area contributed by atoms with E-state index in [0.29, 0.717) is 34.4 Å². The first-order chi connectivity index (χ1) is 9.82. The zero-order valence-corrected chi connectivity index (χ0v) is 14.1. The van der Waals surface area contributed by atoms with Crippen LogP contribution in [-0.2, 0) is 27.8 Å². The minimum atomic E-state index is -3.36. The molecule has 0 atom stereocenters. The Morgan fingerprint density at radius 1 is 1.29 bits per heavy atom. The van der Waals surface area contributed by atoms with Crippen LogP contribution >= 0.6 is 11.5 Å². The molecule has 9 heteroatoms. The molecule has 0 saturated heterocycles. The summed E-state index contributed by atoms with van der Waals surface area (Å²) >= 11 is 1.19. The summed E-state index contributed by atoms with van der Waals surface area (Å²) in [6, 6.07) is 0. The topological polar surface area (TPSA) is 89.2 Å². The molecule has 0 aromatic carbocycles. The van der Waals surface area contributed by atoms with Crippen LogP contribution < -0.4 is 4.90 Å². The van der Waals surface area contributed by atoms with Crippen molar-refractivity contribution in [2.24, 2.45) is 0 Å². The Hall–Kier alpha value is -1.48. The van der Waals surface area contributed by atoms with E-state index in [1.165, 1.54) is 11.5 Å². The molecule has 0 bridgehead atoms. The first-order valence-corrected chi connectivity index (χ1v) is 9.06. The van der Waals surface area contributed by atoms with E-state index in [1.807, 2.05) is 21.0 Å². The highest BCUT2D eigenvalue weighted by Gasteiger charge is 2.22. The van der Waals surface area contributed by atoms with E-state index in [0.717, 1.165) is 0 Å². The second kappa shape index (κ2) is 6.10. The summed E-state index contributed by atoms with van der Waals surface area (Å²) in [5.41, 5.74) is 1.34. The van der Waals surface area contributed by atoms with Crippen molar-refractivity contribution in [1.29, 1.82) is 0 Å². The summed E-state index contributed by atoms with van der Waals surface area (Å²) < 4.78 is 33.8. The molecule has 7 nitrogen and oxygen atoms in total. The maximum atomic E-state index is 12.3. The van der Waals surface area contributed by atoms with Crippen LogP contribution in [0.5, 0.6) is 0 Å². The van der Waals surface area contributed by atoms with Crippen molar-refractivity contribution < 1.29 is 12.9 Å². The monoisotopic (exact) mass is 330 g/mol. The fourth-order valence-corrected chi connectivity index (χ4v) is 3.97. The van der Waals surface area contributed by atoms with Crippen molar-refractivity contribution in [2.45, 2.75) is 31.8 Å². The van der Waals surface area contributed by atoms with Crippen molar-refractivity contribution in [1.82, 2.24) is 14.5 Å². The highest BCUT2D eigenvalue weighted by Crippen LogP contribution is 2.20. The maximum absolute atomic E-state index is 12.3. The van der Waals surface area contributed by atoms with Crippen molar-refractivity contribution in [2.75, 3.05) is 19.0 Å². The van der Waals surface area contributed by atoms with E-state index in [-0.39, 0.29) is 11.5 Å². The van der Waals surface area contributed by atoms with E-state index in [4.69, 9.17) is 4.52 Å². The highest BCUT2D eigenvalue weighted by atomic mass is 32.2. The summed E-state index contributed by atoms with van der Waals surface area (Å²) in [5.74, 6) is 0.610. The molecule has 2 rings (SSSR count). The molecular formula is C12H18N4O3S2. The van der Waals surface area contributed by atoms with Crippen LogP contribution in [0.4, 0.5) is 5.13 Å². The van der Waals surface area contributed by atoms with Gasteiger partial charge in [-0.2, -0.15) is 4.37 Å². The normalized spacial score (nSPS) is 11.8. The van der Waals surface area contributed by atoms with Crippen LogP contribution in [0.3, 0.4) is 0 Å². The highest BCUT2D eigenvalue weighted by molar-refractivity contribution is 7.89. The Balaban J connectivity index is 2.16. The smallest absolute Gasteiger partial charge is 0.204 e. The standard InChI is InChI=1S/C12H18N4O3S2/c1-5-10-9(8(2)19-14-10)6-21(17,18)7-11-13-12(16(3)4)20-15-11/h5-7H2,1-4H3. The third-order valence-electron chi connectivity index (χ3n) is 2.95. The van der Waals surface area contributed by atoms with Gasteiger partial charge in [-0.1, -0.05) is 12.1 Å². The fourth-order valence-electron chi connectivity index (χ4n) is 1.85. The predicted octanol–water partition coefficient (Wildman–Crippen LogP) is 1.58. The SMILES string of the molecule is CCc1noc(C)c1CS(=O)(=O)Cc1nsc(N(C)C)n1. The Kier molecular flexibility index (Phi) is 4.62. The lowest BCUT2D eigenvalue weighted by Gasteiger charge is -2.04. The number of rotatable bonds is 6. The van der Waals surface area contributed by atoms with E-state index < -0.39 is 9.84 Å². The summed E-state index contributed by atoms with van der Waals surface area (Å²) in [7, 11) is 0.318. The van der Waals surface area contributed by atoms with Crippen LogP contribution in [-0.4, -0.2) is 37.0 Å². The summed E-state index contributed by atoms with van der Waals surface area (Å²) in [5, 5.41) is 4.57. The van der Waals surface area contributed by atoms with Gasteiger partial charge in [0.15, 0.2) is 15.7 Å². The maximum Gasteiger partial charge on any atom is 0.204 e. The zero-order valence-electron chi connectivity index (χ0n) is 12.5. The Bertz CT molecular complexity index is 719. The number of sulfone groups is 1. The molecule has 0 aliphatic carbocycles. The molecule has 0 aliphatic heterocycles. The van der Waals surface area contributed by atoms with Crippen molar-refractivity contribution in [3.63, 3.8) is 0 Å². The molecule has 21 heavy (non-hydrogen) atoms. The van der Waals surface area contributed by atoms with Crippen LogP contribution in [0, 0.1) is 6.92 Å². The second-order valence-corrected chi connectivity index (χ2v) is 7.73. The van der Waals surface area contributed by atoms with Crippen molar-refractivity contribution >= 4 is 26.5 Å². The van der Waals surface area contributed by atoms with Gasteiger partial charge in [-0.25, -0.2) is 13.4 Å². The zero-order chi connectivity index (χ0) is 15.6. The third kappa shape index (κ3) is 3.79. The van der Waals surface area contributed by atoms with Crippen LogP contribution in [0.25, 0.3) is 0 Å². The van der Waals surface area contributed by atoms with Gasteiger partial charge in [-0.05, 0) is 13.3 Å². The molecule has 0 saturated carbocycles. The van der Waals surface area contributed by atoms with E-state index in [9.17, 15) is 8.42 Å². The van der Waals surface area contributed by atoms with Gasteiger partial charge in [0.05, 0.1) is 11.4 Å². The lowest BCUT2D eigenvalue weighted by molar-refractivity contribution is 0.390. The molecule has 116 valence electrons. The Morgan fingerprint density at radius 3 is 2.57 bits per heavy atom. The number of nitrogens with zero attached hydrogens (tertiary/aromatic N) is 4. The average Bonchev–Trinajstić information content (AvgIpc) is 2.97. The van der Waals surface area contributed by atoms with E-state index >= 15 is 0 Å². The molecule has 0 radical (unpaired) electrons. The van der Waals surface area contributed by atoms with Gasteiger partial charge in [0, 0.05) is 31.2 Å². The van der Waals surface area contributed by atoms with Crippen LogP contribution in [0.1, 0.15) is 29.8 Å². The fraction of sp³-hybridized carbons (Fsp3) is 0.583. The molecule has 2 heterocycles. The summed E-state index contributed by atoms with van der Waals surface area (Å²) in [4.78, 5) is 6.00. The lowest BCUT2D eigenvalue weighted by Crippen LogP contribution is -2.11. The van der Waals surface area contributed by atoms with Gasteiger partial charge in [0.2, 0.25) is 5.13 Å². The average molecular weight is 330 g/mol. The molecule has 0 amide bonds. The summed E-state index contributed by atoms with van der Waals surface area (Å²) in [6.07, 6.45) is 0.641. The predicted molar refractivity (Wildman–Crippen MR) is 81.2 cm³/mol. The Labute approximate surface area is 128 Å². The quantitative estimate of drug-likeness (QED) is 0.794. The molecule has 0 spiro atoms. The molecular weight excluding hydrogens is 312 g/mol. The first kappa shape index (κ1) is 15.9. The third-order valence-corrected chi connectivity index (χ3v) is 5.30. The van der Waals surface area contributed by atoms with Gasteiger partial charge >= 0.3 is 0 Å². The second-order valence-electron chi connectivity index (χ2n) is 4.94. The molecule has 0 N–H and O–H groups in total. The van der Waals surface area contributed by atoms with E-state index in [2.05, 4.69) is 14.5 Å². The molecule has 2 aromatic heterocycles. The number of hydrogen-bond donors (Lipinski definition) is 0. The number of hydrogen-bond acceptors (Lipinski definition) is 8. The minimum absolute atomic E-state index is 0.0952. The van der Waals surface area contributed by atoms with Gasteiger partial charge < -0.3 is 9.42 Å². The number of anilines is 1. The van der Waals surface area contributed by atoms with Crippen LogP contribution in [0.2, 0.25) is 0 Å². The number of aryl methyl sites for hydroxylation is 2. The molecule has 2 aromatic rings. The summed E-state index contributed by atoms with van der Waals surface area (Å²) in [6.45, 7) is 3.64. The largest absolute Gasteiger partial charge is 0.361 e. The van der Waals surface area contributed by atoms with E-state index in [1.54, 1.807) is 11.8 Å². The first-order valence-electron chi connectivity index (χ1n) is 6.46. The van der Waals surface area contributed by atoms with Gasteiger partial charge in [0.1, 0.15) is 11.5 Å². The number of aromatic nitrogens is 3. The molecule has 0 aliphatic rings. The lowest BCUT2D eigenvalue weighted by atomic mass is 10.2. The van der Waals surface area contributed by atoms with Gasteiger partial charge in [0.25, 0.3) is 0 Å². The Morgan fingerprint density at radius 2 is 2.00 bits per heavy atom. The van der Waals surface area contributed by atoms with Crippen molar-refractivity contribution in [3.8, 4) is 0 Å². The van der Waals surface area contributed by atoms with Gasteiger partial charge in [-0.3, -0.25) is 0 Å².